The van der Waals surface area contributed by atoms with Gasteiger partial charge in [0.25, 0.3) is 5.91 Å². The van der Waals surface area contributed by atoms with Crippen LogP contribution in [0.4, 0.5) is 24.5 Å². The van der Waals surface area contributed by atoms with Crippen LogP contribution >= 0.6 is 0 Å². The summed E-state index contributed by atoms with van der Waals surface area (Å²) in [4.78, 5) is 17.7. The van der Waals surface area contributed by atoms with Crippen molar-refractivity contribution in [2.24, 2.45) is 12.8 Å². The highest BCUT2D eigenvalue weighted by atomic mass is 19.4. The number of ether oxygens (including phenoxy) is 1. The molecule has 3 heterocycles. The number of anilines is 2. The highest BCUT2D eigenvalue weighted by Gasteiger charge is 2.31. The second-order valence-corrected chi connectivity index (χ2v) is 8.87. The lowest BCUT2D eigenvalue weighted by atomic mass is 10.0. The Hall–Kier alpha value is -4.15. The molecule has 0 saturated carbocycles. The summed E-state index contributed by atoms with van der Waals surface area (Å²) in [7, 11) is 1.84. The average molecular weight is 499 g/mol. The molecule has 4 aromatic rings. The molecule has 0 spiro atoms. The minimum atomic E-state index is -4.72. The minimum Gasteiger partial charge on any atom is -0.406 e. The van der Waals surface area contributed by atoms with Crippen molar-refractivity contribution >= 4 is 28.2 Å². The number of H-pyrrole nitrogens is 1. The molecule has 8 nitrogen and oxygen atoms in total. The molecule has 0 radical (unpaired) electrons. The maximum absolute atomic E-state index is 12.4. The molecule has 1 fully saturated rings. The van der Waals surface area contributed by atoms with E-state index in [-0.39, 0.29) is 11.8 Å². The van der Waals surface area contributed by atoms with Crippen LogP contribution in [0.5, 0.6) is 5.75 Å². The van der Waals surface area contributed by atoms with Crippen LogP contribution in [0.25, 0.3) is 22.2 Å². The summed E-state index contributed by atoms with van der Waals surface area (Å²) in [5, 5.41) is 8.53. The van der Waals surface area contributed by atoms with Gasteiger partial charge in [-0.25, -0.2) is 0 Å². The fraction of sp³-hybridized carbons (Fsp3) is 0.280. The molecule has 4 N–H and O–H groups in total. The first-order chi connectivity index (χ1) is 17.2. The Labute approximate surface area is 204 Å². The number of halogens is 3. The summed E-state index contributed by atoms with van der Waals surface area (Å²) in [6.07, 6.45) is 0.753. The van der Waals surface area contributed by atoms with Crippen molar-refractivity contribution in [3.63, 3.8) is 0 Å². The van der Waals surface area contributed by atoms with Gasteiger partial charge in [0.2, 0.25) is 0 Å². The standard InChI is InChI=1S/C25H25F3N6O2/c1-33-13-15(12-30-33)21-11-20-22(9-8-19(24(29)35)23(20)32-21)34-10-2-3-17(14-34)31-16-4-6-18(7-5-16)36-25(26,27)28/h4-9,11-13,17,31-32H,2-3,10,14H2,1H3,(H2,29,35). The number of primary amides is 1. The van der Waals surface area contributed by atoms with Gasteiger partial charge in [-0.05, 0) is 55.3 Å². The van der Waals surface area contributed by atoms with Crippen LogP contribution in [0.15, 0.2) is 54.9 Å². The molecular weight excluding hydrogens is 473 g/mol. The van der Waals surface area contributed by atoms with E-state index in [1.165, 1.54) is 12.1 Å². The monoisotopic (exact) mass is 498 g/mol. The van der Waals surface area contributed by atoms with Crippen molar-refractivity contribution in [1.82, 2.24) is 14.8 Å². The predicted molar refractivity (Wildman–Crippen MR) is 131 cm³/mol. The zero-order valence-electron chi connectivity index (χ0n) is 19.5. The van der Waals surface area contributed by atoms with Crippen molar-refractivity contribution in [3.8, 4) is 17.0 Å². The number of fused-ring (bicyclic) bond motifs is 1. The highest BCUT2D eigenvalue weighted by Crippen LogP contribution is 2.35. The molecule has 1 saturated heterocycles. The van der Waals surface area contributed by atoms with Crippen LogP contribution in [-0.4, -0.2) is 46.2 Å². The molecule has 2 aromatic heterocycles. The van der Waals surface area contributed by atoms with Crippen molar-refractivity contribution in [3.05, 3.63) is 60.4 Å². The predicted octanol–water partition coefficient (Wildman–Crippen LogP) is 4.65. The number of hydrogen-bond acceptors (Lipinski definition) is 5. The lowest BCUT2D eigenvalue weighted by molar-refractivity contribution is -0.274. The molecule has 0 aliphatic carbocycles. The van der Waals surface area contributed by atoms with Gasteiger partial charge >= 0.3 is 6.36 Å². The lowest BCUT2D eigenvalue weighted by Crippen LogP contribution is -2.42. The maximum atomic E-state index is 12.4. The van der Waals surface area contributed by atoms with E-state index in [4.69, 9.17) is 5.73 Å². The molecule has 1 atom stereocenters. The summed E-state index contributed by atoms with van der Waals surface area (Å²) in [6, 6.07) is 11.5. The van der Waals surface area contributed by atoms with Crippen LogP contribution in [-0.2, 0) is 7.05 Å². The Morgan fingerprint density at radius 1 is 1.22 bits per heavy atom. The van der Waals surface area contributed by atoms with Crippen molar-refractivity contribution < 1.29 is 22.7 Å². The largest absolute Gasteiger partial charge is 0.573 e. The van der Waals surface area contributed by atoms with E-state index in [9.17, 15) is 18.0 Å². The molecule has 11 heteroatoms. The Kier molecular flexibility index (Phi) is 5.99. The zero-order chi connectivity index (χ0) is 25.4. The maximum Gasteiger partial charge on any atom is 0.573 e. The number of piperidine rings is 1. The van der Waals surface area contributed by atoms with Crippen LogP contribution in [0, 0.1) is 0 Å². The molecule has 1 aliphatic heterocycles. The molecule has 0 bridgehead atoms. The van der Waals surface area contributed by atoms with Crippen LogP contribution < -0.4 is 20.7 Å². The number of aromatic nitrogens is 3. The van der Waals surface area contributed by atoms with Crippen molar-refractivity contribution in [1.29, 1.82) is 0 Å². The van der Waals surface area contributed by atoms with Gasteiger partial charge in [0.1, 0.15) is 5.75 Å². The SMILES string of the molecule is Cn1cc(-c2cc3c(N4CCCC(Nc5ccc(OC(F)(F)F)cc5)C4)ccc(C(N)=O)c3[nH]2)cn1. The van der Waals surface area contributed by atoms with Crippen molar-refractivity contribution in [2.75, 3.05) is 23.3 Å². The van der Waals surface area contributed by atoms with E-state index >= 15 is 0 Å². The number of carbonyl (C=O) groups excluding carboxylic acids is 1. The van der Waals surface area contributed by atoms with E-state index in [1.54, 1.807) is 29.1 Å². The van der Waals surface area contributed by atoms with Crippen LogP contribution in [0.1, 0.15) is 23.2 Å². The molecule has 5 rings (SSSR count). The molecule has 36 heavy (non-hydrogen) atoms. The first-order valence-electron chi connectivity index (χ1n) is 11.5. The van der Waals surface area contributed by atoms with E-state index in [0.29, 0.717) is 23.3 Å². The van der Waals surface area contributed by atoms with Crippen LogP contribution in [0.3, 0.4) is 0 Å². The molecule has 1 amide bonds. The lowest BCUT2D eigenvalue weighted by Gasteiger charge is -2.35. The number of benzene rings is 2. The summed E-state index contributed by atoms with van der Waals surface area (Å²) in [5.74, 6) is -0.769. The van der Waals surface area contributed by atoms with Gasteiger partial charge in [0.05, 0.1) is 17.3 Å². The Morgan fingerprint density at radius 3 is 2.67 bits per heavy atom. The molecule has 1 aliphatic rings. The second kappa shape index (κ2) is 9.14. The summed E-state index contributed by atoms with van der Waals surface area (Å²) >= 11 is 0. The second-order valence-electron chi connectivity index (χ2n) is 8.87. The fourth-order valence-electron chi connectivity index (χ4n) is 4.70. The Balaban J connectivity index is 1.39. The van der Waals surface area contributed by atoms with E-state index < -0.39 is 12.3 Å². The summed E-state index contributed by atoms with van der Waals surface area (Å²) in [5.41, 5.74) is 10.1. The van der Waals surface area contributed by atoms with E-state index in [1.807, 2.05) is 25.4 Å². The third-order valence-electron chi connectivity index (χ3n) is 6.27. The van der Waals surface area contributed by atoms with Gasteiger partial charge in [0, 0.05) is 60.4 Å². The number of nitrogens with two attached hydrogens (primary N) is 1. The summed E-state index contributed by atoms with van der Waals surface area (Å²) in [6.45, 7) is 1.51. The Morgan fingerprint density at radius 2 is 2.00 bits per heavy atom. The van der Waals surface area contributed by atoms with Gasteiger partial charge in [-0.1, -0.05) is 0 Å². The number of nitrogens with zero attached hydrogens (tertiary/aromatic N) is 3. The first-order valence-corrected chi connectivity index (χ1v) is 11.5. The molecule has 2 aromatic carbocycles. The quantitative estimate of drug-likeness (QED) is 0.359. The number of rotatable bonds is 6. The number of nitrogens with one attached hydrogen (secondary N) is 2. The smallest absolute Gasteiger partial charge is 0.406 e. The van der Waals surface area contributed by atoms with Gasteiger partial charge in [0.15, 0.2) is 0 Å². The summed E-state index contributed by atoms with van der Waals surface area (Å²) < 4.78 is 42.9. The number of carbonyl (C=O) groups is 1. The van der Waals surface area contributed by atoms with Gasteiger partial charge in [-0.2, -0.15) is 5.10 Å². The Bertz CT molecular complexity index is 1390. The topological polar surface area (TPSA) is 101 Å². The minimum absolute atomic E-state index is 0.0794. The fourth-order valence-corrected chi connectivity index (χ4v) is 4.70. The highest BCUT2D eigenvalue weighted by molar-refractivity contribution is 6.09. The number of aromatic amines is 1. The van der Waals surface area contributed by atoms with E-state index in [2.05, 4.69) is 25.0 Å². The van der Waals surface area contributed by atoms with Crippen molar-refractivity contribution in [2.45, 2.75) is 25.2 Å². The van der Waals surface area contributed by atoms with Gasteiger partial charge in [-0.15, -0.1) is 13.2 Å². The number of alkyl halides is 3. The normalized spacial score (nSPS) is 16.3. The third kappa shape index (κ3) is 4.95. The van der Waals surface area contributed by atoms with E-state index in [0.717, 1.165) is 41.7 Å². The molecule has 1 unspecified atom stereocenters. The average Bonchev–Trinajstić information content (AvgIpc) is 3.45. The number of aryl methyl sites for hydroxylation is 1. The molecular formula is C25H25F3N6O2. The third-order valence-corrected chi connectivity index (χ3v) is 6.27. The number of amides is 1. The van der Waals surface area contributed by atoms with Gasteiger partial charge < -0.3 is 25.7 Å². The first kappa shape index (κ1) is 23.6. The van der Waals surface area contributed by atoms with Crippen LogP contribution in [0.2, 0.25) is 0 Å². The van der Waals surface area contributed by atoms with Gasteiger partial charge in [-0.3, -0.25) is 9.48 Å². The number of hydrogen-bond donors (Lipinski definition) is 3. The zero-order valence-corrected chi connectivity index (χ0v) is 19.5. The molecule has 188 valence electrons.